The highest BCUT2D eigenvalue weighted by Crippen LogP contribution is 2.19. The third kappa shape index (κ3) is 7.45. The summed E-state index contributed by atoms with van der Waals surface area (Å²) in [6.07, 6.45) is 5.88. The van der Waals surface area contributed by atoms with Gasteiger partial charge in [0.15, 0.2) is 0 Å². The van der Waals surface area contributed by atoms with E-state index in [1.165, 1.54) is 35.3 Å². The van der Waals surface area contributed by atoms with Gasteiger partial charge < -0.3 is 5.32 Å². The van der Waals surface area contributed by atoms with Crippen molar-refractivity contribution in [1.29, 1.82) is 0 Å². The Kier molecular flexibility index (Phi) is 10.4. The molecule has 17 heavy (non-hydrogen) atoms. The minimum atomic E-state index is 1.13. The number of hydrogen-bond donors (Lipinski definition) is 1. The lowest BCUT2D eigenvalue weighted by molar-refractivity contribution is 0.676. The molecule has 0 saturated carbocycles. The topological polar surface area (TPSA) is 12.0 Å². The monoisotopic (exact) mass is 253 g/mol. The van der Waals surface area contributed by atoms with Crippen molar-refractivity contribution in [2.24, 2.45) is 0 Å². The van der Waals surface area contributed by atoms with Crippen LogP contribution in [0.2, 0.25) is 0 Å². The van der Waals surface area contributed by atoms with Crippen LogP contribution in [0.15, 0.2) is 23.1 Å². The maximum Gasteiger partial charge on any atom is 0.00745 e. The largest absolute Gasteiger partial charge is 0.320 e. The van der Waals surface area contributed by atoms with Crippen LogP contribution in [-0.4, -0.2) is 19.8 Å². The molecule has 0 aromatic heterocycles. The van der Waals surface area contributed by atoms with E-state index >= 15 is 0 Å². The van der Waals surface area contributed by atoms with Gasteiger partial charge in [0.25, 0.3) is 0 Å². The van der Waals surface area contributed by atoms with Gasteiger partial charge in [0.05, 0.1) is 0 Å². The van der Waals surface area contributed by atoms with Gasteiger partial charge in [-0.3, -0.25) is 0 Å². The first-order chi connectivity index (χ1) is 8.26. The van der Waals surface area contributed by atoms with Gasteiger partial charge in [-0.05, 0) is 69.3 Å². The molecule has 0 fully saturated rings. The van der Waals surface area contributed by atoms with Crippen LogP contribution < -0.4 is 5.32 Å². The molecule has 0 aliphatic carbocycles. The van der Waals surface area contributed by atoms with E-state index in [2.05, 4.69) is 36.7 Å². The highest BCUT2D eigenvalue weighted by atomic mass is 32.2. The standard InChI is InChI=1S/C13H21NS.C2H6/c1-11-8-12(6-4-5-7-14-2)10-13(9-11)15-3;1-2/h8-10,14H,4-7H2,1-3H3;1-2H3. The summed E-state index contributed by atoms with van der Waals surface area (Å²) in [5, 5.41) is 3.18. The van der Waals surface area contributed by atoms with E-state index in [0.717, 1.165) is 6.54 Å². The van der Waals surface area contributed by atoms with Crippen molar-refractivity contribution in [3.05, 3.63) is 29.3 Å². The molecule has 0 aliphatic heterocycles. The molecule has 1 rings (SSSR count). The van der Waals surface area contributed by atoms with Crippen molar-refractivity contribution < 1.29 is 0 Å². The fraction of sp³-hybridized carbons (Fsp3) is 0.600. The highest BCUT2D eigenvalue weighted by Gasteiger charge is 1.98. The predicted octanol–water partition coefficient (Wildman–Crippen LogP) is 4.29. The average molecular weight is 253 g/mol. The van der Waals surface area contributed by atoms with E-state index < -0.39 is 0 Å². The van der Waals surface area contributed by atoms with Gasteiger partial charge in [-0.25, -0.2) is 0 Å². The number of rotatable bonds is 6. The van der Waals surface area contributed by atoms with Crippen LogP contribution in [0.25, 0.3) is 0 Å². The van der Waals surface area contributed by atoms with E-state index in [1.54, 1.807) is 0 Å². The zero-order valence-electron chi connectivity index (χ0n) is 12.0. The number of hydrogen-bond acceptors (Lipinski definition) is 2. The van der Waals surface area contributed by atoms with Gasteiger partial charge in [0.2, 0.25) is 0 Å². The maximum atomic E-state index is 3.18. The summed E-state index contributed by atoms with van der Waals surface area (Å²) in [6, 6.07) is 6.87. The number of nitrogens with one attached hydrogen (secondary N) is 1. The molecule has 0 spiro atoms. The van der Waals surface area contributed by atoms with Crippen LogP contribution in [0, 0.1) is 6.92 Å². The summed E-state index contributed by atoms with van der Waals surface area (Å²) in [5.41, 5.74) is 2.86. The zero-order chi connectivity index (χ0) is 13.1. The van der Waals surface area contributed by atoms with Crippen molar-refractivity contribution in [3.8, 4) is 0 Å². The van der Waals surface area contributed by atoms with Gasteiger partial charge >= 0.3 is 0 Å². The summed E-state index contributed by atoms with van der Waals surface area (Å²) >= 11 is 1.83. The van der Waals surface area contributed by atoms with E-state index in [0.29, 0.717) is 0 Å². The quantitative estimate of drug-likeness (QED) is 0.600. The molecule has 0 heterocycles. The first-order valence-electron chi connectivity index (χ1n) is 6.55. The van der Waals surface area contributed by atoms with Gasteiger partial charge in [-0.1, -0.05) is 19.9 Å². The van der Waals surface area contributed by atoms with Crippen molar-refractivity contribution in [2.45, 2.75) is 44.9 Å². The summed E-state index contributed by atoms with van der Waals surface area (Å²) in [4.78, 5) is 1.39. The average Bonchev–Trinajstić information content (AvgIpc) is 2.36. The Morgan fingerprint density at radius 3 is 2.41 bits per heavy atom. The molecule has 1 N–H and O–H groups in total. The van der Waals surface area contributed by atoms with Gasteiger partial charge in [-0.15, -0.1) is 11.8 Å². The molecule has 0 amide bonds. The van der Waals surface area contributed by atoms with Gasteiger partial charge in [0, 0.05) is 4.90 Å². The summed E-state index contributed by atoms with van der Waals surface area (Å²) < 4.78 is 0. The van der Waals surface area contributed by atoms with Crippen LogP contribution in [0.4, 0.5) is 0 Å². The van der Waals surface area contributed by atoms with Crippen LogP contribution >= 0.6 is 11.8 Å². The SMILES string of the molecule is CC.CNCCCCc1cc(C)cc(SC)c1. The minimum Gasteiger partial charge on any atom is -0.320 e. The third-order valence-corrected chi connectivity index (χ3v) is 3.20. The number of thioether (sulfide) groups is 1. The van der Waals surface area contributed by atoms with Crippen LogP contribution in [0.3, 0.4) is 0 Å². The molecule has 1 aromatic carbocycles. The first kappa shape index (κ1) is 16.5. The second-order valence-electron chi connectivity index (χ2n) is 3.92. The summed E-state index contributed by atoms with van der Waals surface area (Å²) in [5.74, 6) is 0. The Balaban J connectivity index is 0.00000121. The molecule has 1 aromatic rings. The lowest BCUT2D eigenvalue weighted by atomic mass is 10.1. The summed E-state index contributed by atoms with van der Waals surface area (Å²) in [6.45, 7) is 7.30. The fourth-order valence-electron chi connectivity index (χ4n) is 1.72. The second-order valence-corrected chi connectivity index (χ2v) is 4.80. The fourth-order valence-corrected chi connectivity index (χ4v) is 2.29. The number of unbranched alkanes of at least 4 members (excludes halogenated alkanes) is 1. The predicted molar refractivity (Wildman–Crippen MR) is 81.2 cm³/mol. The molecule has 0 atom stereocenters. The molecule has 0 radical (unpaired) electrons. The number of benzene rings is 1. The molecule has 1 nitrogen and oxygen atoms in total. The van der Waals surface area contributed by atoms with E-state index in [-0.39, 0.29) is 0 Å². The highest BCUT2D eigenvalue weighted by molar-refractivity contribution is 7.98. The zero-order valence-corrected chi connectivity index (χ0v) is 12.8. The molecular weight excluding hydrogens is 226 g/mol. The molecule has 0 saturated heterocycles. The molecule has 2 heteroatoms. The van der Waals surface area contributed by atoms with Crippen LogP contribution in [0.1, 0.15) is 37.8 Å². The molecule has 98 valence electrons. The van der Waals surface area contributed by atoms with E-state index in [4.69, 9.17) is 0 Å². The van der Waals surface area contributed by atoms with Gasteiger partial charge in [0.1, 0.15) is 0 Å². The lowest BCUT2D eigenvalue weighted by Crippen LogP contribution is -2.07. The van der Waals surface area contributed by atoms with E-state index in [9.17, 15) is 0 Å². The van der Waals surface area contributed by atoms with Gasteiger partial charge in [-0.2, -0.15) is 0 Å². The normalized spacial score (nSPS) is 9.71. The van der Waals surface area contributed by atoms with Crippen molar-refractivity contribution in [2.75, 3.05) is 19.8 Å². The van der Waals surface area contributed by atoms with Crippen molar-refractivity contribution in [1.82, 2.24) is 5.32 Å². The van der Waals surface area contributed by atoms with E-state index in [1.807, 2.05) is 32.7 Å². The Morgan fingerprint density at radius 1 is 1.12 bits per heavy atom. The molecule has 0 unspecified atom stereocenters. The Labute approximate surface area is 111 Å². The maximum absolute atomic E-state index is 3.18. The molecular formula is C15H27NS. The molecule has 0 aliphatic rings. The van der Waals surface area contributed by atoms with Crippen LogP contribution in [0.5, 0.6) is 0 Å². The minimum absolute atomic E-state index is 1.13. The Hall–Kier alpha value is -0.470. The van der Waals surface area contributed by atoms with Crippen molar-refractivity contribution in [3.63, 3.8) is 0 Å². The van der Waals surface area contributed by atoms with Crippen molar-refractivity contribution >= 4 is 11.8 Å². The summed E-state index contributed by atoms with van der Waals surface area (Å²) in [7, 11) is 2.01. The smallest absolute Gasteiger partial charge is 0.00745 e. The first-order valence-corrected chi connectivity index (χ1v) is 7.78. The number of aryl methyl sites for hydroxylation is 2. The second kappa shape index (κ2) is 10.7. The Morgan fingerprint density at radius 2 is 1.82 bits per heavy atom. The van der Waals surface area contributed by atoms with Crippen LogP contribution in [-0.2, 0) is 6.42 Å². The molecule has 0 bridgehead atoms. The Bertz CT molecular complexity index is 297. The third-order valence-electron chi connectivity index (χ3n) is 2.49. The lowest BCUT2D eigenvalue weighted by Gasteiger charge is -2.06.